The molecule has 0 bridgehead atoms. The fourth-order valence-corrected chi connectivity index (χ4v) is 2.50. The van der Waals surface area contributed by atoms with E-state index in [4.69, 9.17) is 9.53 Å². The normalized spacial score (nSPS) is 11.9. The average molecular weight is 441 g/mol. The molecule has 0 aliphatic carbocycles. The van der Waals surface area contributed by atoms with Gasteiger partial charge in [0, 0.05) is 22.5 Å². The lowest BCUT2D eigenvalue weighted by Gasteiger charge is -2.17. The molecule has 1 unspecified atom stereocenters. The predicted octanol–water partition coefficient (Wildman–Crippen LogP) is 4.69. The van der Waals surface area contributed by atoms with Gasteiger partial charge in [0.05, 0.1) is 12.2 Å². The van der Waals surface area contributed by atoms with Gasteiger partial charge in [-0.15, -0.1) is 0 Å². The Morgan fingerprint density at radius 3 is 2.52 bits per heavy atom. The molecule has 0 saturated carbocycles. The van der Waals surface area contributed by atoms with Gasteiger partial charge in [0.25, 0.3) is 11.8 Å². The summed E-state index contributed by atoms with van der Waals surface area (Å²) in [4.78, 5) is 28.9. The Kier molecular flexibility index (Phi) is 9.98. The molecule has 0 spiro atoms. The zero-order chi connectivity index (χ0) is 23.6. The summed E-state index contributed by atoms with van der Waals surface area (Å²) in [6.07, 6.45) is 2.99. The Morgan fingerprint density at radius 1 is 1.26 bits per heavy atom. The first kappa shape index (κ1) is 25.9. The summed E-state index contributed by atoms with van der Waals surface area (Å²) in [5.74, 6) is -1.83. The Morgan fingerprint density at radius 2 is 1.94 bits per heavy atom. The van der Waals surface area contributed by atoms with Gasteiger partial charge >= 0.3 is 0 Å². The molecule has 9 heteroatoms. The van der Waals surface area contributed by atoms with Crippen molar-refractivity contribution in [3.05, 3.63) is 47.4 Å². The van der Waals surface area contributed by atoms with Gasteiger partial charge < -0.3 is 20.2 Å². The van der Waals surface area contributed by atoms with Crippen molar-refractivity contribution >= 4 is 18.5 Å². The van der Waals surface area contributed by atoms with Crippen LogP contribution in [0, 0.1) is 12.8 Å². The number of aromatic nitrogens is 2. The van der Waals surface area contributed by atoms with Crippen LogP contribution in [0.2, 0.25) is 0 Å². The molecule has 0 aliphatic heterocycles. The van der Waals surface area contributed by atoms with E-state index in [1.165, 1.54) is 12.3 Å². The molecule has 7 nitrogen and oxygen atoms in total. The van der Waals surface area contributed by atoms with E-state index in [0.29, 0.717) is 11.5 Å². The van der Waals surface area contributed by atoms with Crippen molar-refractivity contribution in [2.45, 2.75) is 46.6 Å². The first-order valence-electron chi connectivity index (χ1n) is 9.82. The fraction of sp³-hybridized carbons (Fsp3) is 0.455. The largest absolute Gasteiger partial charge is 0.485 e. The quantitative estimate of drug-likeness (QED) is 0.588. The Labute approximate surface area is 184 Å². The molecule has 2 rings (SSSR count). The molecule has 31 heavy (non-hydrogen) atoms. The van der Waals surface area contributed by atoms with Crippen LogP contribution in [0.5, 0.6) is 5.75 Å². The Hall–Kier alpha value is -3.10. The number of aryl methyl sites for hydroxylation is 1. The zero-order valence-corrected chi connectivity index (χ0v) is 18.5. The molecule has 0 aromatic carbocycles. The average Bonchev–Trinajstić information content (AvgIpc) is 2.72. The number of halogens is 2. The third-order valence-corrected chi connectivity index (χ3v) is 4.10. The van der Waals surface area contributed by atoms with Crippen LogP contribution in [0.15, 0.2) is 30.6 Å². The summed E-state index contributed by atoms with van der Waals surface area (Å²) in [7, 11) is 0. The first-order valence-corrected chi connectivity index (χ1v) is 9.82. The van der Waals surface area contributed by atoms with Gasteiger partial charge in [0.1, 0.15) is 24.1 Å². The van der Waals surface area contributed by atoms with E-state index in [1.54, 1.807) is 13.1 Å². The Bertz CT molecular complexity index is 868. The molecule has 174 valence electrons. The van der Waals surface area contributed by atoms with E-state index in [2.05, 4.69) is 34.4 Å². The molecule has 2 aromatic heterocycles. The highest BCUT2D eigenvalue weighted by Crippen LogP contribution is 2.21. The van der Waals surface area contributed by atoms with Crippen LogP contribution in [0.25, 0.3) is 0 Å². The third kappa shape index (κ3) is 9.06. The number of carbonyl (C=O) groups is 2. The third-order valence-electron chi connectivity index (χ3n) is 4.10. The van der Waals surface area contributed by atoms with Gasteiger partial charge in [-0.2, -0.15) is 0 Å². The minimum Gasteiger partial charge on any atom is -0.485 e. The van der Waals surface area contributed by atoms with E-state index in [-0.39, 0.29) is 26.2 Å². The molecule has 2 N–H and O–H groups in total. The highest BCUT2D eigenvalue weighted by molar-refractivity contribution is 5.92. The van der Waals surface area contributed by atoms with Gasteiger partial charge in [-0.1, -0.05) is 13.8 Å². The molecule has 2 heterocycles. The van der Waals surface area contributed by atoms with Gasteiger partial charge in [0.2, 0.25) is 0 Å². The van der Waals surface area contributed by atoms with Gasteiger partial charge in [-0.3, -0.25) is 4.79 Å². The summed E-state index contributed by atoms with van der Waals surface area (Å²) in [5, 5.41) is 6.15. The number of carbonyl (C=O) groups excluding carboxylic acids is 2. The van der Waals surface area contributed by atoms with Crippen molar-refractivity contribution in [1.29, 1.82) is 0 Å². The van der Waals surface area contributed by atoms with E-state index in [0.717, 1.165) is 24.8 Å². The predicted molar refractivity (Wildman–Crippen MR) is 120 cm³/mol. The van der Waals surface area contributed by atoms with Crippen LogP contribution in [0.3, 0.4) is 0 Å². The number of nitrogens with one attached hydrogen (secondary N) is 2. The lowest BCUT2D eigenvalue weighted by Crippen LogP contribution is -2.27. The minimum atomic E-state index is -2.94. The lowest BCUT2D eigenvalue weighted by molar-refractivity contribution is -0.0980. The smallest absolute Gasteiger partial charge is 0.278 e. The molecule has 1 atom stereocenters. The van der Waals surface area contributed by atoms with Crippen LogP contribution in [0.1, 0.15) is 58.2 Å². The zero-order valence-electron chi connectivity index (χ0n) is 18.5. The van der Waals surface area contributed by atoms with Crippen molar-refractivity contribution in [1.82, 2.24) is 15.3 Å². The maximum absolute atomic E-state index is 12.9. The number of pyridine rings is 2. The van der Waals surface area contributed by atoms with Crippen LogP contribution < -0.4 is 15.4 Å². The molecule has 0 radical (unpaired) electrons. The number of hydrogen-bond donors (Lipinski definition) is 2. The molecule has 0 saturated heterocycles. The highest BCUT2D eigenvalue weighted by atomic mass is 19.3. The van der Waals surface area contributed by atoms with Crippen molar-refractivity contribution in [3.63, 3.8) is 0 Å². The summed E-state index contributed by atoms with van der Waals surface area (Å²) in [5.41, 5.74) is 1.66. The van der Waals surface area contributed by atoms with Crippen molar-refractivity contribution in [3.8, 4) is 5.75 Å². The minimum absolute atomic E-state index is 0. The standard InChI is InChI=1S/C21H28F2N4O2.CH2O.2H2/c1-13(2)10-26-19-9-16(6-7-24-19)15(4)27-20(28)17-8-14(3)18(11-25-17)29-12-21(5,22)23;1-2;;/h6-9,11,13,15H,10,12H2,1-5H3,(H,24,26)(H,27,28);1H2;2*1H. The number of nitrogens with zero attached hydrogens (tertiary/aromatic N) is 2. The number of rotatable bonds is 9. The van der Waals surface area contributed by atoms with E-state index < -0.39 is 12.5 Å². The number of anilines is 1. The number of ether oxygens (including phenoxy) is 1. The van der Waals surface area contributed by atoms with Crippen LogP contribution in [0.4, 0.5) is 14.6 Å². The van der Waals surface area contributed by atoms with Crippen LogP contribution in [-0.4, -0.2) is 41.7 Å². The van der Waals surface area contributed by atoms with Crippen LogP contribution >= 0.6 is 0 Å². The topological polar surface area (TPSA) is 93.2 Å². The summed E-state index contributed by atoms with van der Waals surface area (Å²) in [6, 6.07) is 5.00. The van der Waals surface area contributed by atoms with Crippen LogP contribution in [-0.2, 0) is 4.79 Å². The number of amides is 1. The first-order chi connectivity index (χ1) is 14.5. The lowest BCUT2D eigenvalue weighted by atomic mass is 10.1. The van der Waals surface area contributed by atoms with Crippen molar-refractivity contribution in [2.75, 3.05) is 18.5 Å². The summed E-state index contributed by atoms with van der Waals surface area (Å²) >= 11 is 0. The highest BCUT2D eigenvalue weighted by Gasteiger charge is 2.23. The fourth-order valence-electron chi connectivity index (χ4n) is 2.50. The van der Waals surface area contributed by atoms with Crippen molar-refractivity contribution in [2.24, 2.45) is 5.92 Å². The monoisotopic (exact) mass is 440 g/mol. The Balaban J connectivity index is 0. The molecule has 0 aliphatic rings. The molecule has 0 fully saturated rings. The molecular formula is C22H34F2N4O3. The second kappa shape index (κ2) is 11.9. The van der Waals surface area contributed by atoms with E-state index >= 15 is 0 Å². The van der Waals surface area contributed by atoms with Gasteiger partial charge in [0.15, 0.2) is 6.61 Å². The van der Waals surface area contributed by atoms with Gasteiger partial charge in [-0.05, 0) is 49.1 Å². The molecular weight excluding hydrogens is 406 g/mol. The summed E-state index contributed by atoms with van der Waals surface area (Å²) < 4.78 is 31.0. The second-order valence-corrected chi connectivity index (χ2v) is 7.64. The van der Waals surface area contributed by atoms with Gasteiger partial charge in [-0.25, -0.2) is 18.7 Å². The number of hydrogen-bond acceptors (Lipinski definition) is 6. The molecule has 2 aromatic rings. The second-order valence-electron chi connectivity index (χ2n) is 7.64. The SMILES string of the molecule is C=O.Cc1cc(C(=O)NC(C)c2ccnc(NCC(C)C)c2)ncc1OCC(C)(F)F.[HH].[HH]. The molecule has 1 amide bonds. The number of alkyl halides is 2. The van der Waals surface area contributed by atoms with Crippen molar-refractivity contribution < 1.29 is 26.0 Å². The van der Waals surface area contributed by atoms with E-state index in [1.807, 2.05) is 25.8 Å². The summed E-state index contributed by atoms with van der Waals surface area (Å²) in [6.45, 7) is 10.6. The van der Waals surface area contributed by atoms with E-state index in [9.17, 15) is 13.6 Å². The maximum atomic E-state index is 12.9. The maximum Gasteiger partial charge on any atom is 0.278 e.